The fraction of sp³-hybridized carbons (Fsp3) is 0.467. The van der Waals surface area contributed by atoms with Gasteiger partial charge in [-0.1, -0.05) is 30.8 Å². The molecule has 0 spiro atoms. The van der Waals surface area contributed by atoms with Gasteiger partial charge in [-0.25, -0.2) is 9.97 Å². The predicted octanol–water partition coefficient (Wildman–Crippen LogP) is 4.38. The summed E-state index contributed by atoms with van der Waals surface area (Å²) in [5, 5.41) is 1.88. The van der Waals surface area contributed by atoms with Crippen LogP contribution >= 0.6 is 23.1 Å². The van der Waals surface area contributed by atoms with Gasteiger partial charge in [0.1, 0.15) is 10.6 Å². The molecule has 1 aliphatic rings. The summed E-state index contributed by atoms with van der Waals surface area (Å²) in [4.78, 5) is 11.7. The zero-order valence-corrected chi connectivity index (χ0v) is 13.5. The van der Waals surface area contributed by atoms with Gasteiger partial charge in [-0.3, -0.25) is 0 Å². The highest BCUT2D eigenvalue weighted by Crippen LogP contribution is 2.43. The predicted molar refractivity (Wildman–Crippen MR) is 88.7 cm³/mol. The van der Waals surface area contributed by atoms with E-state index >= 15 is 0 Å². The van der Waals surface area contributed by atoms with E-state index in [1.807, 2.05) is 6.92 Å². The number of nitrogens with two attached hydrogens (primary N) is 1. The van der Waals surface area contributed by atoms with Gasteiger partial charge in [-0.2, -0.15) is 0 Å². The highest BCUT2D eigenvalue weighted by atomic mass is 32.2. The van der Waals surface area contributed by atoms with Crippen LogP contribution in [0.3, 0.4) is 0 Å². The van der Waals surface area contributed by atoms with E-state index in [1.54, 1.807) is 23.1 Å². The molecule has 3 nitrogen and oxygen atoms in total. The van der Waals surface area contributed by atoms with Crippen molar-refractivity contribution < 1.29 is 0 Å². The van der Waals surface area contributed by atoms with Crippen LogP contribution in [0.5, 0.6) is 0 Å². The second kappa shape index (κ2) is 5.37. The Labute approximate surface area is 127 Å². The molecule has 2 N–H and O–H groups in total. The summed E-state index contributed by atoms with van der Waals surface area (Å²) in [7, 11) is 0. The Morgan fingerprint density at radius 2 is 2.30 bits per heavy atom. The molecule has 2 heterocycles. The Bertz CT molecular complexity index is 675. The van der Waals surface area contributed by atoms with Gasteiger partial charge in [0.25, 0.3) is 0 Å². The van der Waals surface area contributed by atoms with Crippen LogP contribution in [0.2, 0.25) is 0 Å². The summed E-state index contributed by atoms with van der Waals surface area (Å²) in [5.41, 5.74) is 8.74. The first kappa shape index (κ1) is 13.9. The molecule has 20 heavy (non-hydrogen) atoms. The number of hydrogen-bond donors (Lipinski definition) is 1. The highest BCUT2D eigenvalue weighted by Gasteiger charge is 2.24. The van der Waals surface area contributed by atoms with E-state index in [0.717, 1.165) is 33.1 Å². The molecule has 0 saturated carbocycles. The minimum atomic E-state index is 0.576. The van der Waals surface area contributed by atoms with Gasteiger partial charge in [0, 0.05) is 10.6 Å². The Hall–Kier alpha value is -1.07. The zero-order valence-electron chi connectivity index (χ0n) is 11.9. The molecular formula is C15H19N3S2. The standard InChI is InChI=1S/C15H19N3S2/c1-8(2)7-19-15-17-13(16)12-11-9(3)5-4-6-10(11)20-14(12)18-15/h9H,1,4-7H2,2-3H3,(H2,16,17,18)/t9-/m0/s1. The molecule has 0 amide bonds. The molecule has 0 unspecified atom stereocenters. The smallest absolute Gasteiger partial charge is 0.191 e. The van der Waals surface area contributed by atoms with Gasteiger partial charge >= 0.3 is 0 Å². The fourth-order valence-electron chi connectivity index (χ4n) is 2.75. The average molecular weight is 305 g/mol. The van der Waals surface area contributed by atoms with E-state index in [4.69, 9.17) is 10.7 Å². The van der Waals surface area contributed by atoms with Crippen molar-refractivity contribution in [3.63, 3.8) is 0 Å². The second-order valence-electron chi connectivity index (χ2n) is 5.55. The van der Waals surface area contributed by atoms with Crippen LogP contribution in [0.4, 0.5) is 5.82 Å². The van der Waals surface area contributed by atoms with Crippen molar-refractivity contribution in [2.75, 3.05) is 11.5 Å². The molecule has 0 saturated heterocycles. The number of rotatable bonds is 3. The number of nitrogen functional groups attached to an aromatic ring is 1. The summed E-state index contributed by atoms with van der Waals surface area (Å²) in [5.74, 6) is 2.06. The molecule has 0 aliphatic heterocycles. The van der Waals surface area contributed by atoms with E-state index in [-0.39, 0.29) is 0 Å². The molecule has 0 fully saturated rings. The molecular weight excluding hydrogens is 286 g/mol. The molecule has 0 radical (unpaired) electrons. The number of nitrogens with zero attached hydrogens (tertiary/aromatic N) is 2. The highest BCUT2D eigenvalue weighted by molar-refractivity contribution is 7.99. The van der Waals surface area contributed by atoms with Crippen LogP contribution in [0.15, 0.2) is 17.3 Å². The molecule has 2 aromatic rings. The SMILES string of the molecule is C=C(C)CSc1nc(N)c2c3c(sc2n1)CCC[C@@H]3C. The first-order valence-corrected chi connectivity index (χ1v) is 8.72. The van der Waals surface area contributed by atoms with Crippen LogP contribution in [0.25, 0.3) is 10.2 Å². The van der Waals surface area contributed by atoms with Crippen molar-refractivity contribution in [1.29, 1.82) is 0 Å². The zero-order chi connectivity index (χ0) is 14.3. The molecule has 2 aromatic heterocycles. The van der Waals surface area contributed by atoms with E-state index in [2.05, 4.69) is 18.5 Å². The molecule has 1 atom stereocenters. The lowest BCUT2D eigenvalue weighted by Gasteiger charge is -2.18. The Morgan fingerprint density at radius 1 is 1.50 bits per heavy atom. The molecule has 0 bridgehead atoms. The van der Waals surface area contributed by atoms with Gasteiger partial charge in [-0.05, 0) is 37.7 Å². The third kappa shape index (κ3) is 2.44. The monoisotopic (exact) mass is 305 g/mol. The van der Waals surface area contributed by atoms with Crippen molar-refractivity contribution in [1.82, 2.24) is 9.97 Å². The van der Waals surface area contributed by atoms with E-state index in [9.17, 15) is 0 Å². The van der Waals surface area contributed by atoms with Crippen molar-refractivity contribution >= 4 is 39.1 Å². The third-order valence-electron chi connectivity index (χ3n) is 3.65. The Kier molecular flexibility index (Phi) is 3.73. The third-order valence-corrected chi connectivity index (χ3v) is 5.89. The second-order valence-corrected chi connectivity index (χ2v) is 7.58. The van der Waals surface area contributed by atoms with Crippen molar-refractivity contribution in [2.24, 2.45) is 0 Å². The molecule has 5 heteroatoms. The van der Waals surface area contributed by atoms with Crippen LogP contribution in [0.1, 0.15) is 43.0 Å². The lowest BCUT2D eigenvalue weighted by atomic mass is 9.87. The van der Waals surface area contributed by atoms with E-state index in [1.165, 1.54) is 23.3 Å². The number of thiophene rings is 1. The van der Waals surface area contributed by atoms with Crippen molar-refractivity contribution in [3.8, 4) is 0 Å². The van der Waals surface area contributed by atoms with Gasteiger partial charge in [0.05, 0.1) is 5.39 Å². The summed E-state index contributed by atoms with van der Waals surface area (Å²) in [6, 6.07) is 0. The first-order chi connectivity index (χ1) is 9.56. The summed E-state index contributed by atoms with van der Waals surface area (Å²) >= 11 is 3.41. The molecule has 0 aromatic carbocycles. The lowest BCUT2D eigenvalue weighted by molar-refractivity contribution is 0.602. The van der Waals surface area contributed by atoms with E-state index < -0.39 is 0 Å². The maximum Gasteiger partial charge on any atom is 0.191 e. The molecule has 3 rings (SSSR count). The van der Waals surface area contributed by atoms with Gasteiger partial charge in [0.2, 0.25) is 0 Å². The minimum Gasteiger partial charge on any atom is -0.383 e. The van der Waals surface area contributed by atoms with Crippen LogP contribution < -0.4 is 5.73 Å². The van der Waals surface area contributed by atoms with Crippen LogP contribution in [0, 0.1) is 0 Å². The molecule has 106 valence electrons. The Morgan fingerprint density at radius 3 is 3.05 bits per heavy atom. The largest absolute Gasteiger partial charge is 0.383 e. The molecule has 1 aliphatic carbocycles. The normalized spacial score (nSPS) is 18.2. The maximum atomic E-state index is 6.21. The number of aryl methyl sites for hydroxylation is 1. The first-order valence-electron chi connectivity index (χ1n) is 6.92. The van der Waals surface area contributed by atoms with E-state index in [0.29, 0.717) is 11.7 Å². The van der Waals surface area contributed by atoms with Gasteiger partial charge in [0.15, 0.2) is 5.16 Å². The summed E-state index contributed by atoms with van der Waals surface area (Å²) in [6.45, 7) is 8.21. The van der Waals surface area contributed by atoms with Gasteiger partial charge in [-0.15, -0.1) is 11.3 Å². The summed E-state index contributed by atoms with van der Waals surface area (Å²) in [6.07, 6.45) is 3.67. The van der Waals surface area contributed by atoms with Crippen LogP contribution in [-0.2, 0) is 6.42 Å². The Balaban J connectivity index is 2.07. The van der Waals surface area contributed by atoms with Gasteiger partial charge < -0.3 is 5.73 Å². The summed E-state index contributed by atoms with van der Waals surface area (Å²) < 4.78 is 0. The number of hydrogen-bond acceptors (Lipinski definition) is 5. The van der Waals surface area contributed by atoms with Crippen LogP contribution in [-0.4, -0.2) is 15.7 Å². The number of aromatic nitrogens is 2. The quantitative estimate of drug-likeness (QED) is 0.519. The lowest BCUT2D eigenvalue weighted by Crippen LogP contribution is -2.05. The minimum absolute atomic E-state index is 0.576. The number of thioether (sulfide) groups is 1. The topological polar surface area (TPSA) is 51.8 Å². The fourth-order valence-corrected chi connectivity index (χ4v) is 4.84. The van der Waals surface area contributed by atoms with Crippen molar-refractivity contribution in [3.05, 3.63) is 22.6 Å². The maximum absolute atomic E-state index is 6.21. The van der Waals surface area contributed by atoms with Crippen molar-refractivity contribution in [2.45, 2.75) is 44.2 Å². The average Bonchev–Trinajstić information content (AvgIpc) is 2.76. The number of fused-ring (bicyclic) bond motifs is 3. The number of anilines is 1.